The van der Waals surface area contributed by atoms with Crippen molar-refractivity contribution in [2.24, 2.45) is 0 Å². The summed E-state index contributed by atoms with van der Waals surface area (Å²) in [6, 6.07) is 21.3. The first-order chi connectivity index (χ1) is 13.7. The minimum absolute atomic E-state index is 0.0137. The lowest BCUT2D eigenvalue weighted by molar-refractivity contribution is -0.0405. The monoisotopic (exact) mass is 417 g/mol. The number of nitrogens with one attached hydrogen (secondary N) is 1. The van der Waals surface area contributed by atoms with E-state index in [2.05, 4.69) is 74.6 Å². The number of benzene rings is 2. The molecule has 0 aromatic heterocycles. The van der Waals surface area contributed by atoms with E-state index in [0.717, 1.165) is 0 Å². The van der Waals surface area contributed by atoms with Crippen LogP contribution in [-0.2, 0) is 4.43 Å². The van der Waals surface area contributed by atoms with Gasteiger partial charge in [0.1, 0.15) is 0 Å². The third-order valence-electron chi connectivity index (χ3n) is 5.99. The van der Waals surface area contributed by atoms with Crippen molar-refractivity contribution in [2.75, 3.05) is 13.2 Å². The highest BCUT2D eigenvalue weighted by molar-refractivity contribution is 6.99. The smallest absolute Gasteiger partial charge is 0.261 e. The minimum Gasteiger partial charge on any atom is -0.406 e. The summed E-state index contributed by atoms with van der Waals surface area (Å²) < 4.78 is 33.6. The van der Waals surface area contributed by atoms with Crippen molar-refractivity contribution in [2.45, 2.75) is 63.5 Å². The highest BCUT2D eigenvalue weighted by atomic mass is 28.4. The van der Waals surface area contributed by atoms with Gasteiger partial charge in [0.2, 0.25) is 5.92 Å². The van der Waals surface area contributed by atoms with Crippen molar-refractivity contribution in [1.82, 2.24) is 5.32 Å². The average Bonchev–Trinajstić information content (AvgIpc) is 2.69. The third kappa shape index (κ3) is 5.14. The van der Waals surface area contributed by atoms with Gasteiger partial charge in [-0.3, -0.25) is 0 Å². The molecule has 0 spiro atoms. The summed E-state index contributed by atoms with van der Waals surface area (Å²) >= 11 is 0. The van der Waals surface area contributed by atoms with Crippen LogP contribution in [0.1, 0.15) is 46.5 Å². The highest BCUT2D eigenvalue weighted by Crippen LogP contribution is 2.37. The Morgan fingerprint density at radius 2 is 1.41 bits per heavy atom. The van der Waals surface area contributed by atoms with Crippen LogP contribution < -0.4 is 15.7 Å². The molecule has 1 N–H and O–H groups in total. The summed E-state index contributed by atoms with van der Waals surface area (Å²) in [5.74, 6) is -2.48. The van der Waals surface area contributed by atoms with Crippen LogP contribution in [0.5, 0.6) is 0 Å². The van der Waals surface area contributed by atoms with Crippen molar-refractivity contribution in [3.8, 4) is 0 Å². The van der Waals surface area contributed by atoms with Gasteiger partial charge in [0.05, 0.1) is 0 Å². The average molecular weight is 418 g/mol. The van der Waals surface area contributed by atoms with E-state index >= 15 is 0 Å². The quantitative estimate of drug-likeness (QED) is 0.519. The van der Waals surface area contributed by atoms with E-state index in [-0.39, 0.29) is 23.9 Å². The predicted molar refractivity (Wildman–Crippen MR) is 119 cm³/mol. The van der Waals surface area contributed by atoms with Crippen LogP contribution in [0.25, 0.3) is 0 Å². The maximum absolute atomic E-state index is 13.4. The van der Waals surface area contributed by atoms with Gasteiger partial charge < -0.3 is 9.74 Å². The second-order valence-corrected chi connectivity index (χ2v) is 13.4. The van der Waals surface area contributed by atoms with E-state index in [1.807, 2.05) is 12.1 Å². The molecule has 158 valence electrons. The minimum atomic E-state index is -2.52. The SMILES string of the molecule is CC(C)(C)[Si](OCCNC1CCC(F)(F)CC1)(c1ccccc1)c1ccccc1. The zero-order chi connectivity index (χ0) is 21.0. The maximum Gasteiger partial charge on any atom is 0.261 e. The van der Waals surface area contributed by atoms with Crippen LogP contribution >= 0.6 is 0 Å². The van der Waals surface area contributed by atoms with E-state index in [9.17, 15) is 8.78 Å². The van der Waals surface area contributed by atoms with E-state index in [0.29, 0.717) is 26.0 Å². The molecule has 2 aromatic rings. The predicted octanol–water partition coefficient (Wildman–Crippen LogP) is 4.73. The first kappa shape index (κ1) is 22.1. The summed E-state index contributed by atoms with van der Waals surface area (Å²) in [5, 5.41) is 5.92. The van der Waals surface area contributed by atoms with Gasteiger partial charge in [-0.1, -0.05) is 81.4 Å². The number of hydrogen-bond donors (Lipinski definition) is 1. The van der Waals surface area contributed by atoms with Gasteiger partial charge in [0.15, 0.2) is 0 Å². The fourth-order valence-electron chi connectivity index (χ4n) is 4.47. The van der Waals surface area contributed by atoms with Gasteiger partial charge in [-0.15, -0.1) is 0 Å². The zero-order valence-corrected chi connectivity index (χ0v) is 18.8. The van der Waals surface area contributed by atoms with Crippen molar-refractivity contribution < 1.29 is 13.2 Å². The molecular formula is C24H33F2NOSi. The highest BCUT2D eigenvalue weighted by Gasteiger charge is 2.50. The molecule has 0 radical (unpaired) electrons. The van der Waals surface area contributed by atoms with E-state index in [4.69, 9.17) is 4.43 Å². The molecule has 29 heavy (non-hydrogen) atoms. The van der Waals surface area contributed by atoms with Crippen molar-refractivity contribution >= 4 is 18.7 Å². The van der Waals surface area contributed by atoms with Crippen molar-refractivity contribution in [3.63, 3.8) is 0 Å². The summed E-state index contributed by atoms with van der Waals surface area (Å²) in [6.07, 6.45) is 1.04. The fourth-order valence-corrected chi connectivity index (χ4v) is 9.04. The van der Waals surface area contributed by atoms with E-state index in [1.54, 1.807) is 0 Å². The number of hydrogen-bond acceptors (Lipinski definition) is 2. The van der Waals surface area contributed by atoms with Crippen molar-refractivity contribution in [1.29, 1.82) is 0 Å². The molecule has 0 amide bonds. The normalized spacial score (nSPS) is 18.0. The van der Waals surface area contributed by atoms with Gasteiger partial charge >= 0.3 is 0 Å². The maximum atomic E-state index is 13.4. The molecule has 1 aliphatic carbocycles. The second kappa shape index (κ2) is 9.07. The standard InChI is InChI=1S/C24H33F2NOSi/c1-23(2,3)29(21-10-6-4-7-11-21,22-12-8-5-9-13-22)28-19-18-27-20-14-16-24(25,26)17-15-20/h4-13,20,27H,14-19H2,1-3H3. The molecule has 2 nitrogen and oxygen atoms in total. The molecular weight excluding hydrogens is 384 g/mol. The van der Waals surface area contributed by atoms with Gasteiger partial charge in [0.25, 0.3) is 8.32 Å². The third-order valence-corrected chi connectivity index (χ3v) is 11.0. The first-order valence-corrected chi connectivity index (χ1v) is 12.5. The summed E-state index contributed by atoms with van der Waals surface area (Å²) in [4.78, 5) is 0. The first-order valence-electron chi connectivity index (χ1n) is 10.6. The van der Waals surface area contributed by atoms with E-state index < -0.39 is 14.2 Å². The van der Waals surface area contributed by atoms with E-state index in [1.165, 1.54) is 10.4 Å². The molecule has 0 saturated heterocycles. The number of rotatable bonds is 7. The Kier molecular flexibility index (Phi) is 6.92. The second-order valence-electron chi connectivity index (χ2n) is 9.10. The van der Waals surface area contributed by atoms with Gasteiger partial charge in [0, 0.05) is 32.0 Å². The van der Waals surface area contributed by atoms with Crippen LogP contribution in [0.15, 0.2) is 60.7 Å². The molecule has 0 bridgehead atoms. The topological polar surface area (TPSA) is 21.3 Å². The van der Waals surface area contributed by atoms with Crippen LogP contribution in [0.4, 0.5) is 8.78 Å². The molecule has 0 aliphatic heterocycles. The lowest BCUT2D eigenvalue weighted by Gasteiger charge is -2.43. The van der Waals surface area contributed by atoms with Gasteiger partial charge in [-0.05, 0) is 28.3 Å². The summed E-state index contributed by atoms with van der Waals surface area (Å²) in [7, 11) is -2.52. The molecule has 2 aromatic carbocycles. The Morgan fingerprint density at radius 3 is 1.86 bits per heavy atom. The summed E-state index contributed by atoms with van der Waals surface area (Å²) in [5.41, 5.74) is 0. The molecule has 1 fully saturated rings. The number of alkyl halides is 2. The lowest BCUT2D eigenvalue weighted by Crippen LogP contribution is -2.67. The lowest BCUT2D eigenvalue weighted by atomic mass is 9.92. The molecule has 0 atom stereocenters. The Morgan fingerprint density at radius 1 is 0.931 bits per heavy atom. The Bertz CT molecular complexity index is 712. The van der Waals surface area contributed by atoms with Gasteiger partial charge in [-0.25, -0.2) is 8.78 Å². The van der Waals surface area contributed by atoms with Crippen LogP contribution in [-0.4, -0.2) is 33.4 Å². The Balaban J connectivity index is 1.76. The zero-order valence-electron chi connectivity index (χ0n) is 17.8. The fraction of sp³-hybridized carbons (Fsp3) is 0.500. The summed E-state index contributed by atoms with van der Waals surface area (Å²) in [6.45, 7) is 8.03. The largest absolute Gasteiger partial charge is 0.406 e. The van der Waals surface area contributed by atoms with Crippen molar-refractivity contribution in [3.05, 3.63) is 60.7 Å². The van der Waals surface area contributed by atoms with Crippen LogP contribution in [0.2, 0.25) is 5.04 Å². The Hall–Kier alpha value is -1.56. The number of halogens is 2. The molecule has 3 rings (SSSR count). The molecule has 0 heterocycles. The molecule has 5 heteroatoms. The van der Waals surface area contributed by atoms with Crippen LogP contribution in [0.3, 0.4) is 0 Å². The van der Waals surface area contributed by atoms with Gasteiger partial charge in [-0.2, -0.15) is 0 Å². The molecule has 1 saturated carbocycles. The molecule has 0 unspecified atom stereocenters. The molecule has 1 aliphatic rings. The van der Waals surface area contributed by atoms with Crippen LogP contribution in [0, 0.1) is 0 Å². The Labute approximate surface area is 174 Å².